The van der Waals surface area contributed by atoms with E-state index in [9.17, 15) is 4.79 Å². The zero-order chi connectivity index (χ0) is 16.6. The molecule has 0 bridgehead atoms. The summed E-state index contributed by atoms with van der Waals surface area (Å²) < 4.78 is 1.92. The van der Waals surface area contributed by atoms with E-state index in [0.717, 1.165) is 12.2 Å². The van der Waals surface area contributed by atoms with Crippen LogP contribution in [0.5, 0.6) is 0 Å². The highest BCUT2D eigenvalue weighted by atomic mass is 16.1. The van der Waals surface area contributed by atoms with Gasteiger partial charge in [-0.25, -0.2) is 4.98 Å². The van der Waals surface area contributed by atoms with E-state index in [1.54, 1.807) is 12.5 Å². The van der Waals surface area contributed by atoms with Crippen molar-refractivity contribution in [1.82, 2.24) is 20.2 Å². The second kappa shape index (κ2) is 8.64. The highest BCUT2D eigenvalue weighted by Gasteiger charge is 2.11. The van der Waals surface area contributed by atoms with Gasteiger partial charge >= 0.3 is 0 Å². The zero-order valence-corrected chi connectivity index (χ0v) is 14.1. The van der Waals surface area contributed by atoms with Crippen molar-refractivity contribution < 1.29 is 4.79 Å². The van der Waals surface area contributed by atoms with Crippen molar-refractivity contribution >= 4 is 5.91 Å². The molecule has 5 heteroatoms. The first-order valence-corrected chi connectivity index (χ1v) is 8.93. The number of nitrogens with zero attached hydrogens (tertiary/aromatic N) is 2. The predicted molar refractivity (Wildman–Crippen MR) is 95.4 cm³/mol. The Morgan fingerprint density at radius 1 is 1.08 bits per heavy atom. The molecule has 1 amide bonds. The SMILES string of the molecule is O=C(NCCNC1CCCCCC1)c1ccc(-n2ccnc2)cc1. The van der Waals surface area contributed by atoms with E-state index in [1.165, 1.54) is 38.5 Å². The lowest BCUT2D eigenvalue weighted by molar-refractivity contribution is 0.0953. The monoisotopic (exact) mass is 326 g/mol. The van der Waals surface area contributed by atoms with E-state index in [1.807, 2.05) is 35.0 Å². The number of carbonyl (C=O) groups excluding carboxylic acids is 1. The number of rotatable bonds is 6. The van der Waals surface area contributed by atoms with Crippen molar-refractivity contribution in [1.29, 1.82) is 0 Å². The molecule has 2 N–H and O–H groups in total. The van der Waals surface area contributed by atoms with Crippen molar-refractivity contribution in [3.63, 3.8) is 0 Å². The molecule has 0 atom stereocenters. The Labute approximate surface area is 143 Å². The van der Waals surface area contributed by atoms with E-state index < -0.39 is 0 Å². The van der Waals surface area contributed by atoms with Crippen molar-refractivity contribution in [2.24, 2.45) is 0 Å². The van der Waals surface area contributed by atoms with Gasteiger partial charge in [-0.2, -0.15) is 0 Å². The van der Waals surface area contributed by atoms with Crippen LogP contribution in [0.1, 0.15) is 48.9 Å². The van der Waals surface area contributed by atoms with Gasteiger partial charge in [-0.1, -0.05) is 25.7 Å². The molecule has 3 rings (SSSR count). The van der Waals surface area contributed by atoms with Gasteiger partial charge in [0.05, 0.1) is 6.33 Å². The summed E-state index contributed by atoms with van der Waals surface area (Å²) in [6.07, 6.45) is 13.3. The van der Waals surface area contributed by atoms with Crippen LogP contribution in [0.3, 0.4) is 0 Å². The molecule has 5 nitrogen and oxygen atoms in total. The zero-order valence-electron chi connectivity index (χ0n) is 14.1. The maximum absolute atomic E-state index is 12.2. The number of hydrogen-bond donors (Lipinski definition) is 2. The Morgan fingerprint density at radius 3 is 2.50 bits per heavy atom. The van der Waals surface area contributed by atoms with Crippen molar-refractivity contribution in [3.05, 3.63) is 48.5 Å². The lowest BCUT2D eigenvalue weighted by Crippen LogP contribution is -2.36. The summed E-state index contributed by atoms with van der Waals surface area (Å²) in [5.41, 5.74) is 1.69. The molecule has 1 aliphatic carbocycles. The maximum Gasteiger partial charge on any atom is 0.251 e. The third-order valence-corrected chi connectivity index (χ3v) is 4.63. The fourth-order valence-corrected chi connectivity index (χ4v) is 3.23. The molecule has 1 aromatic carbocycles. The number of imidazole rings is 1. The summed E-state index contributed by atoms with van der Waals surface area (Å²) in [7, 11) is 0. The highest BCUT2D eigenvalue weighted by molar-refractivity contribution is 5.94. The summed E-state index contributed by atoms with van der Waals surface area (Å²) in [5.74, 6) is -0.0187. The molecule has 24 heavy (non-hydrogen) atoms. The molecule has 0 radical (unpaired) electrons. The molecule has 1 heterocycles. The first-order chi connectivity index (χ1) is 11.8. The molecule has 0 unspecified atom stereocenters. The van der Waals surface area contributed by atoms with Crippen molar-refractivity contribution in [2.45, 2.75) is 44.6 Å². The first kappa shape index (κ1) is 16.7. The van der Waals surface area contributed by atoms with Gasteiger partial charge in [0.2, 0.25) is 0 Å². The maximum atomic E-state index is 12.2. The van der Waals surface area contributed by atoms with Gasteiger partial charge in [-0.15, -0.1) is 0 Å². The normalized spacial score (nSPS) is 15.8. The average molecular weight is 326 g/mol. The minimum atomic E-state index is -0.0187. The standard InChI is InChI=1S/C19H26N4O/c24-19(22-12-11-21-17-5-3-1-2-4-6-17)16-7-9-18(10-8-16)23-14-13-20-15-23/h7-10,13-15,17,21H,1-6,11-12H2,(H,22,24). The van der Waals surface area contributed by atoms with Crippen LogP contribution in [-0.4, -0.2) is 34.6 Å². The van der Waals surface area contributed by atoms with Crippen LogP contribution in [-0.2, 0) is 0 Å². The van der Waals surface area contributed by atoms with E-state index in [-0.39, 0.29) is 5.91 Å². The molecule has 0 spiro atoms. The largest absolute Gasteiger partial charge is 0.351 e. The number of hydrogen-bond acceptors (Lipinski definition) is 3. The van der Waals surface area contributed by atoms with Crippen LogP contribution in [0.15, 0.2) is 43.0 Å². The molecule has 1 aliphatic rings. The molecular formula is C19H26N4O. The third kappa shape index (κ3) is 4.68. The number of aromatic nitrogens is 2. The van der Waals surface area contributed by atoms with Gasteiger partial charge < -0.3 is 15.2 Å². The van der Waals surface area contributed by atoms with Gasteiger partial charge in [0.15, 0.2) is 0 Å². The van der Waals surface area contributed by atoms with Crippen LogP contribution in [0.25, 0.3) is 5.69 Å². The van der Waals surface area contributed by atoms with Crippen LogP contribution in [0.2, 0.25) is 0 Å². The molecular weight excluding hydrogens is 300 g/mol. The molecule has 0 aliphatic heterocycles. The molecule has 0 saturated heterocycles. The summed E-state index contributed by atoms with van der Waals surface area (Å²) in [6, 6.07) is 8.19. The summed E-state index contributed by atoms with van der Waals surface area (Å²) in [5, 5.41) is 6.56. The lowest BCUT2D eigenvalue weighted by atomic mass is 10.1. The second-order valence-corrected chi connectivity index (χ2v) is 6.42. The van der Waals surface area contributed by atoms with Crippen LogP contribution < -0.4 is 10.6 Å². The van der Waals surface area contributed by atoms with E-state index in [0.29, 0.717) is 18.2 Å². The number of nitrogens with one attached hydrogen (secondary N) is 2. The van der Waals surface area contributed by atoms with Crippen molar-refractivity contribution in [3.8, 4) is 5.69 Å². The fraction of sp³-hybridized carbons (Fsp3) is 0.474. The smallest absolute Gasteiger partial charge is 0.251 e. The minimum absolute atomic E-state index is 0.0187. The van der Waals surface area contributed by atoms with E-state index in [4.69, 9.17) is 0 Å². The summed E-state index contributed by atoms with van der Waals surface area (Å²) >= 11 is 0. The summed E-state index contributed by atoms with van der Waals surface area (Å²) in [6.45, 7) is 1.50. The molecule has 1 aromatic heterocycles. The second-order valence-electron chi connectivity index (χ2n) is 6.42. The molecule has 2 aromatic rings. The minimum Gasteiger partial charge on any atom is -0.351 e. The van der Waals surface area contributed by atoms with Gasteiger partial charge in [0, 0.05) is 42.8 Å². The van der Waals surface area contributed by atoms with E-state index in [2.05, 4.69) is 15.6 Å². The number of benzene rings is 1. The highest BCUT2D eigenvalue weighted by Crippen LogP contribution is 2.16. The topological polar surface area (TPSA) is 59.0 Å². The lowest BCUT2D eigenvalue weighted by Gasteiger charge is -2.16. The van der Waals surface area contributed by atoms with E-state index >= 15 is 0 Å². The van der Waals surface area contributed by atoms with Crippen LogP contribution in [0, 0.1) is 0 Å². The van der Waals surface area contributed by atoms with Crippen LogP contribution >= 0.6 is 0 Å². The average Bonchev–Trinajstić information content (AvgIpc) is 3.03. The Hall–Kier alpha value is -2.14. The molecule has 1 saturated carbocycles. The number of carbonyl (C=O) groups is 1. The Balaban J connectivity index is 1.41. The van der Waals surface area contributed by atoms with Gasteiger partial charge in [-0.05, 0) is 37.1 Å². The fourth-order valence-electron chi connectivity index (χ4n) is 3.23. The summed E-state index contributed by atoms with van der Waals surface area (Å²) in [4.78, 5) is 16.2. The van der Waals surface area contributed by atoms with Gasteiger partial charge in [0.1, 0.15) is 0 Å². The molecule has 1 fully saturated rings. The third-order valence-electron chi connectivity index (χ3n) is 4.63. The Kier molecular flexibility index (Phi) is 6.01. The van der Waals surface area contributed by atoms with Gasteiger partial charge in [0.25, 0.3) is 5.91 Å². The quantitative estimate of drug-likeness (QED) is 0.634. The predicted octanol–water partition coefficient (Wildman–Crippen LogP) is 2.91. The van der Waals surface area contributed by atoms with Crippen molar-refractivity contribution in [2.75, 3.05) is 13.1 Å². The first-order valence-electron chi connectivity index (χ1n) is 8.93. The molecule has 128 valence electrons. The number of amides is 1. The Morgan fingerprint density at radius 2 is 1.83 bits per heavy atom. The van der Waals surface area contributed by atoms with Crippen LogP contribution in [0.4, 0.5) is 0 Å². The Bertz CT molecular complexity index is 613. The van der Waals surface area contributed by atoms with Gasteiger partial charge in [-0.3, -0.25) is 4.79 Å².